The Kier molecular flexibility index (Phi) is 6.17. The van der Waals surface area contributed by atoms with Gasteiger partial charge in [0.1, 0.15) is 22.5 Å². The van der Waals surface area contributed by atoms with Gasteiger partial charge in [0.2, 0.25) is 5.91 Å². The van der Waals surface area contributed by atoms with Gasteiger partial charge in [0.25, 0.3) is 5.91 Å². The van der Waals surface area contributed by atoms with Crippen LogP contribution in [0.15, 0.2) is 76.7 Å². The first-order valence-corrected chi connectivity index (χ1v) is 11.3. The van der Waals surface area contributed by atoms with Crippen molar-refractivity contribution in [2.24, 2.45) is 0 Å². The number of pyridine rings is 1. The van der Waals surface area contributed by atoms with Crippen LogP contribution in [-0.4, -0.2) is 31.3 Å². The Morgan fingerprint density at radius 3 is 2.91 bits per heavy atom. The van der Waals surface area contributed by atoms with E-state index in [1.54, 1.807) is 30.8 Å². The Morgan fingerprint density at radius 1 is 1.15 bits per heavy atom. The molecular formula is C23H20N6O4S. The third-order valence-corrected chi connectivity index (χ3v) is 6.19. The number of imidazole rings is 1. The lowest BCUT2D eigenvalue weighted by atomic mass is 10.2. The molecule has 5 heterocycles. The highest BCUT2D eigenvalue weighted by molar-refractivity contribution is 7.17. The number of amides is 2. The summed E-state index contributed by atoms with van der Waals surface area (Å²) in [6.45, 7) is 0.567. The first-order valence-electron chi connectivity index (χ1n) is 10.5. The van der Waals surface area contributed by atoms with E-state index in [0.717, 1.165) is 28.1 Å². The van der Waals surface area contributed by atoms with Crippen molar-refractivity contribution in [3.63, 3.8) is 0 Å². The van der Waals surface area contributed by atoms with E-state index in [9.17, 15) is 9.59 Å². The lowest BCUT2D eigenvalue weighted by Crippen LogP contribution is -2.30. The fourth-order valence-electron chi connectivity index (χ4n) is 3.38. The zero-order valence-electron chi connectivity index (χ0n) is 18.0. The van der Waals surface area contributed by atoms with Gasteiger partial charge in [0.15, 0.2) is 5.13 Å². The normalized spacial score (nSPS) is 11.1. The Morgan fingerprint density at radius 2 is 2.09 bits per heavy atom. The molecule has 2 amide bonds. The molecule has 0 bridgehead atoms. The number of furan rings is 1. The largest absolute Gasteiger partial charge is 0.467 e. The van der Waals surface area contributed by atoms with E-state index >= 15 is 0 Å². The van der Waals surface area contributed by atoms with Gasteiger partial charge in [-0.15, -0.1) is 0 Å². The number of hydrogen-bond acceptors (Lipinski definition) is 8. The molecule has 10 nitrogen and oxygen atoms in total. The van der Waals surface area contributed by atoms with Gasteiger partial charge in [0, 0.05) is 37.1 Å². The quantitative estimate of drug-likeness (QED) is 0.346. The molecule has 5 aromatic heterocycles. The molecule has 0 fully saturated rings. The number of rotatable bonds is 9. The standard InChI is InChI=1S/C23H20N6O4S/c30-21(4-3-17-12-27-33-15-17)29(14-18-2-1-9-32-18)23-26-13-19(34-23)22(31)25-11-16-5-7-28-8-6-24-20(28)10-16/h1-2,5-10,12-13,15H,3-4,11,14H2,(H,25,31). The Hall–Kier alpha value is -4.25. The third kappa shape index (κ3) is 4.89. The minimum atomic E-state index is -0.262. The Bertz CT molecular complexity index is 1390. The summed E-state index contributed by atoms with van der Waals surface area (Å²) in [5, 5.41) is 6.99. The van der Waals surface area contributed by atoms with Gasteiger partial charge in [0.05, 0.1) is 25.2 Å². The molecule has 0 atom stereocenters. The maximum atomic E-state index is 13.0. The fourth-order valence-corrected chi connectivity index (χ4v) is 4.23. The van der Waals surface area contributed by atoms with Crippen LogP contribution in [0.1, 0.15) is 33.0 Å². The topological polar surface area (TPSA) is 119 Å². The molecule has 0 aliphatic carbocycles. The summed E-state index contributed by atoms with van der Waals surface area (Å²) in [6.07, 6.45) is 12.3. The molecular weight excluding hydrogens is 456 g/mol. The zero-order valence-corrected chi connectivity index (χ0v) is 18.8. The van der Waals surface area contributed by atoms with Crippen molar-refractivity contribution in [1.82, 2.24) is 24.8 Å². The number of aryl methyl sites for hydroxylation is 1. The van der Waals surface area contributed by atoms with Crippen molar-refractivity contribution in [2.45, 2.75) is 25.9 Å². The average molecular weight is 477 g/mol. The number of aromatic nitrogens is 4. The SMILES string of the molecule is O=C(NCc1ccn2ccnc2c1)c1cnc(N(Cc2ccco2)C(=O)CCc2cnoc2)s1. The first kappa shape index (κ1) is 21.6. The maximum absolute atomic E-state index is 13.0. The Balaban J connectivity index is 1.27. The molecule has 1 N–H and O–H groups in total. The smallest absolute Gasteiger partial charge is 0.263 e. The van der Waals surface area contributed by atoms with Crippen LogP contribution in [0.4, 0.5) is 5.13 Å². The highest BCUT2D eigenvalue weighted by Gasteiger charge is 2.22. The first-order chi connectivity index (χ1) is 16.7. The van der Waals surface area contributed by atoms with E-state index in [1.807, 2.05) is 28.9 Å². The van der Waals surface area contributed by atoms with Crippen LogP contribution in [0, 0.1) is 0 Å². The Labute approximate surface area is 197 Å². The van der Waals surface area contributed by atoms with Crippen molar-refractivity contribution < 1.29 is 18.5 Å². The molecule has 0 unspecified atom stereocenters. The van der Waals surface area contributed by atoms with E-state index in [1.165, 1.54) is 17.4 Å². The second-order valence-electron chi connectivity index (χ2n) is 7.51. The molecule has 0 saturated heterocycles. The number of nitrogens with zero attached hydrogens (tertiary/aromatic N) is 5. The zero-order chi connectivity index (χ0) is 23.3. The maximum Gasteiger partial charge on any atom is 0.263 e. The van der Waals surface area contributed by atoms with Crippen molar-refractivity contribution in [1.29, 1.82) is 0 Å². The molecule has 34 heavy (non-hydrogen) atoms. The second kappa shape index (κ2) is 9.71. The van der Waals surface area contributed by atoms with Gasteiger partial charge >= 0.3 is 0 Å². The molecule has 172 valence electrons. The van der Waals surface area contributed by atoms with Crippen LogP contribution < -0.4 is 10.2 Å². The lowest BCUT2D eigenvalue weighted by molar-refractivity contribution is -0.118. The van der Waals surface area contributed by atoms with Gasteiger partial charge in [-0.2, -0.15) is 0 Å². The predicted molar refractivity (Wildman–Crippen MR) is 123 cm³/mol. The molecule has 5 rings (SSSR count). The minimum Gasteiger partial charge on any atom is -0.467 e. The monoisotopic (exact) mass is 476 g/mol. The molecule has 0 aliphatic rings. The highest BCUT2D eigenvalue weighted by atomic mass is 32.1. The average Bonchev–Trinajstić information content (AvgIpc) is 3.66. The third-order valence-electron chi connectivity index (χ3n) is 5.17. The van der Waals surface area contributed by atoms with Crippen molar-refractivity contribution >= 4 is 33.9 Å². The van der Waals surface area contributed by atoms with E-state index in [-0.39, 0.29) is 24.8 Å². The number of hydrogen-bond donors (Lipinski definition) is 1. The van der Waals surface area contributed by atoms with Crippen molar-refractivity contribution in [2.75, 3.05) is 4.90 Å². The van der Waals surface area contributed by atoms with Gasteiger partial charge in [-0.3, -0.25) is 14.5 Å². The van der Waals surface area contributed by atoms with Crippen LogP contribution in [-0.2, 0) is 24.3 Å². The lowest BCUT2D eigenvalue weighted by Gasteiger charge is -2.18. The highest BCUT2D eigenvalue weighted by Crippen LogP contribution is 2.26. The van der Waals surface area contributed by atoms with Gasteiger partial charge in [-0.1, -0.05) is 16.5 Å². The molecule has 0 aromatic carbocycles. The van der Waals surface area contributed by atoms with Gasteiger partial charge in [-0.05, 0) is 36.2 Å². The fraction of sp³-hybridized carbons (Fsp3) is 0.174. The summed E-state index contributed by atoms with van der Waals surface area (Å²) in [6, 6.07) is 7.39. The van der Waals surface area contributed by atoms with Crippen LogP contribution >= 0.6 is 11.3 Å². The minimum absolute atomic E-state index is 0.146. The number of thiazole rings is 1. The summed E-state index contributed by atoms with van der Waals surface area (Å²) < 4.78 is 12.2. The summed E-state index contributed by atoms with van der Waals surface area (Å²) in [5.41, 5.74) is 2.57. The number of anilines is 1. The molecule has 0 spiro atoms. The molecule has 0 aliphatic heterocycles. The molecule has 5 aromatic rings. The molecule has 0 saturated carbocycles. The van der Waals surface area contributed by atoms with Crippen molar-refractivity contribution in [3.05, 3.63) is 89.5 Å². The number of nitrogens with one attached hydrogen (secondary N) is 1. The van der Waals surface area contributed by atoms with Crippen LogP contribution in [0.3, 0.4) is 0 Å². The van der Waals surface area contributed by atoms with Gasteiger partial charge < -0.3 is 18.7 Å². The van der Waals surface area contributed by atoms with E-state index in [4.69, 9.17) is 8.94 Å². The van der Waals surface area contributed by atoms with Crippen LogP contribution in [0.5, 0.6) is 0 Å². The second-order valence-corrected chi connectivity index (χ2v) is 8.52. The molecule has 11 heteroatoms. The summed E-state index contributed by atoms with van der Waals surface area (Å²) >= 11 is 1.15. The van der Waals surface area contributed by atoms with Gasteiger partial charge in [-0.25, -0.2) is 9.97 Å². The predicted octanol–water partition coefficient (Wildman–Crippen LogP) is 3.47. The summed E-state index contributed by atoms with van der Waals surface area (Å²) in [4.78, 5) is 36.3. The van der Waals surface area contributed by atoms with E-state index in [2.05, 4.69) is 20.4 Å². The summed E-state index contributed by atoms with van der Waals surface area (Å²) in [5.74, 6) is 0.211. The van der Waals surface area contributed by atoms with Crippen LogP contribution in [0.25, 0.3) is 5.65 Å². The van der Waals surface area contributed by atoms with Crippen molar-refractivity contribution in [3.8, 4) is 0 Å². The molecule has 0 radical (unpaired) electrons. The van der Waals surface area contributed by atoms with Crippen LogP contribution in [0.2, 0.25) is 0 Å². The number of carbonyl (C=O) groups is 2. The summed E-state index contributed by atoms with van der Waals surface area (Å²) in [7, 11) is 0. The number of carbonyl (C=O) groups excluding carboxylic acids is 2. The number of fused-ring (bicyclic) bond motifs is 1. The van der Waals surface area contributed by atoms with E-state index in [0.29, 0.717) is 28.7 Å². The van der Waals surface area contributed by atoms with E-state index < -0.39 is 0 Å².